The highest BCUT2D eigenvalue weighted by Crippen LogP contribution is 2.43. The van der Waals surface area contributed by atoms with Crippen LogP contribution in [0, 0.1) is 0 Å². The van der Waals surface area contributed by atoms with E-state index >= 15 is 0 Å². The van der Waals surface area contributed by atoms with E-state index in [2.05, 4.69) is 0 Å². The van der Waals surface area contributed by atoms with Crippen LogP contribution in [0.3, 0.4) is 0 Å². The van der Waals surface area contributed by atoms with Gasteiger partial charge < -0.3 is 14.2 Å². The fourth-order valence-corrected chi connectivity index (χ4v) is 3.75. The highest BCUT2D eigenvalue weighted by atomic mass is 16.6. The van der Waals surface area contributed by atoms with Crippen LogP contribution < -0.4 is 9.47 Å². The van der Waals surface area contributed by atoms with Crippen LogP contribution in [0.1, 0.15) is 48.9 Å². The molecule has 1 aromatic rings. The molecule has 1 aromatic carbocycles. The standard InChI is InChI=1S/C17H20O4/c18-15-11-20-16-9-12(3-4-14(15)16)19-10-13-5-8-17(21-13)6-1-2-7-17/h3-4,9,13H,1-2,5-8,10-11H2. The maximum absolute atomic E-state index is 11.5. The van der Waals surface area contributed by atoms with Gasteiger partial charge in [-0.2, -0.15) is 0 Å². The van der Waals surface area contributed by atoms with E-state index in [1.54, 1.807) is 12.1 Å². The Balaban J connectivity index is 1.36. The van der Waals surface area contributed by atoms with Crippen molar-refractivity contribution in [2.24, 2.45) is 0 Å². The highest BCUT2D eigenvalue weighted by molar-refractivity contribution is 6.02. The van der Waals surface area contributed by atoms with Crippen molar-refractivity contribution in [2.45, 2.75) is 50.2 Å². The fraction of sp³-hybridized carbons (Fsp3) is 0.588. The van der Waals surface area contributed by atoms with Crippen LogP contribution in [0.2, 0.25) is 0 Å². The zero-order valence-corrected chi connectivity index (χ0v) is 12.1. The van der Waals surface area contributed by atoms with Gasteiger partial charge >= 0.3 is 0 Å². The molecule has 1 saturated carbocycles. The summed E-state index contributed by atoms with van der Waals surface area (Å²) in [6, 6.07) is 5.43. The molecule has 0 N–H and O–H groups in total. The monoisotopic (exact) mass is 288 g/mol. The molecule has 0 radical (unpaired) electrons. The van der Waals surface area contributed by atoms with Gasteiger partial charge in [0.05, 0.1) is 17.3 Å². The first-order valence-corrected chi connectivity index (χ1v) is 7.85. The zero-order chi connectivity index (χ0) is 14.3. The molecule has 112 valence electrons. The van der Waals surface area contributed by atoms with Crippen molar-refractivity contribution >= 4 is 5.78 Å². The van der Waals surface area contributed by atoms with Gasteiger partial charge in [0, 0.05) is 6.07 Å². The van der Waals surface area contributed by atoms with Crippen molar-refractivity contribution in [1.82, 2.24) is 0 Å². The van der Waals surface area contributed by atoms with E-state index in [9.17, 15) is 4.79 Å². The van der Waals surface area contributed by atoms with Crippen molar-refractivity contribution in [3.8, 4) is 11.5 Å². The summed E-state index contributed by atoms with van der Waals surface area (Å²) in [6.07, 6.45) is 7.45. The molecular weight excluding hydrogens is 268 g/mol. The van der Waals surface area contributed by atoms with Gasteiger partial charge in [0.15, 0.2) is 6.61 Å². The van der Waals surface area contributed by atoms with Crippen LogP contribution in [-0.4, -0.2) is 30.7 Å². The van der Waals surface area contributed by atoms with Crippen LogP contribution in [-0.2, 0) is 4.74 Å². The molecule has 1 spiro atoms. The minimum absolute atomic E-state index is 0.0406. The van der Waals surface area contributed by atoms with Gasteiger partial charge in [-0.15, -0.1) is 0 Å². The lowest BCUT2D eigenvalue weighted by Gasteiger charge is -2.23. The summed E-state index contributed by atoms with van der Waals surface area (Å²) >= 11 is 0. The van der Waals surface area contributed by atoms with Crippen LogP contribution in [0.15, 0.2) is 18.2 Å². The molecular formula is C17H20O4. The number of carbonyl (C=O) groups is 1. The Bertz CT molecular complexity index is 560. The second kappa shape index (κ2) is 5.02. The van der Waals surface area contributed by atoms with Crippen molar-refractivity contribution < 1.29 is 19.0 Å². The first-order chi connectivity index (χ1) is 10.2. The number of carbonyl (C=O) groups excluding carboxylic acids is 1. The lowest BCUT2D eigenvalue weighted by Crippen LogP contribution is -2.27. The van der Waals surface area contributed by atoms with E-state index in [0.29, 0.717) is 17.9 Å². The van der Waals surface area contributed by atoms with Crippen molar-refractivity contribution in [1.29, 1.82) is 0 Å². The molecule has 21 heavy (non-hydrogen) atoms. The SMILES string of the molecule is O=C1COc2cc(OCC3CCC4(CCCC4)O3)ccc21. The number of hydrogen-bond acceptors (Lipinski definition) is 4. The molecule has 1 atom stereocenters. The minimum Gasteiger partial charge on any atom is -0.491 e. The van der Waals surface area contributed by atoms with Crippen molar-refractivity contribution in [2.75, 3.05) is 13.2 Å². The average molecular weight is 288 g/mol. The molecule has 1 aliphatic carbocycles. The Kier molecular flexibility index (Phi) is 3.14. The molecule has 2 aliphatic heterocycles. The third kappa shape index (κ3) is 2.42. The molecule has 1 unspecified atom stereocenters. The van der Waals surface area contributed by atoms with Crippen LogP contribution >= 0.6 is 0 Å². The predicted octanol–water partition coefficient (Wildman–Crippen LogP) is 3.13. The molecule has 2 fully saturated rings. The Morgan fingerprint density at radius 1 is 1.24 bits per heavy atom. The molecule has 0 bridgehead atoms. The molecule has 3 aliphatic rings. The summed E-state index contributed by atoms with van der Waals surface area (Å²) in [7, 11) is 0. The fourth-order valence-electron chi connectivity index (χ4n) is 3.75. The van der Waals surface area contributed by atoms with Crippen LogP contribution in [0.4, 0.5) is 0 Å². The molecule has 2 heterocycles. The lowest BCUT2D eigenvalue weighted by atomic mass is 9.98. The average Bonchev–Trinajstić information content (AvgIpc) is 3.20. The van der Waals surface area contributed by atoms with Crippen LogP contribution in [0.25, 0.3) is 0 Å². The molecule has 0 amide bonds. The molecule has 4 rings (SSSR count). The van der Waals surface area contributed by atoms with E-state index in [1.807, 2.05) is 6.07 Å². The summed E-state index contributed by atoms with van der Waals surface area (Å²) in [5, 5.41) is 0. The number of ether oxygens (including phenoxy) is 3. The Hall–Kier alpha value is -1.55. The highest BCUT2D eigenvalue weighted by Gasteiger charge is 2.42. The second-order valence-electron chi connectivity index (χ2n) is 6.35. The lowest BCUT2D eigenvalue weighted by molar-refractivity contribution is -0.0509. The number of rotatable bonds is 3. The van der Waals surface area contributed by atoms with Gasteiger partial charge in [-0.1, -0.05) is 12.8 Å². The third-order valence-corrected chi connectivity index (χ3v) is 4.90. The number of fused-ring (bicyclic) bond motifs is 1. The Morgan fingerprint density at radius 3 is 2.95 bits per heavy atom. The molecule has 4 heteroatoms. The van der Waals surface area contributed by atoms with Gasteiger partial charge in [-0.3, -0.25) is 4.79 Å². The molecule has 0 aromatic heterocycles. The molecule has 4 nitrogen and oxygen atoms in total. The van der Waals surface area contributed by atoms with E-state index in [4.69, 9.17) is 14.2 Å². The smallest absolute Gasteiger partial charge is 0.203 e. The van der Waals surface area contributed by atoms with E-state index < -0.39 is 0 Å². The van der Waals surface area contributed by atoms with Crippen molar-refractivity contribution in [3.05, 3.63) is 23.8 Å². The van der Waals surface area contributed by atoms with Gasteiger partial charge in [-0.25, -0.2) is 0 Å². The van der Waals surface area contributed by atoms with E-state index in [-0.39, 0.29) is 24.1 Å². The van der Waals surface area contributed by atoms with Crippen molar-refractivity contribution in [3.63, 3.8) is 0 Å². The van der Waals surface area contributed by atoms with E-state index in [0.717, 1.165) is 12.2 Å². The zero-order valence-electron chi connectivity index (χ0n) is 12.1. The quantitative estimate of drug-likeness (QED) is 0.857. The van der Waals surface area contributed by atoms with Gasteiger partial charge in [-0.05, 0) is 37.8 Å². The summed E-state index contributed by atoms with van der Waals surface area (Å²) in [6.45, 7) is 0.724. The first kappa shape index (κ1) is 13.1. The largest absolute Gasteiger partial charge is 0.491 e. The normalized spacial score (nSPS) is 26.1. The van der Waals surface area contributed by atoms with Crippen LogP contribution in [0.5, 0.6) is 11.5 Å². The minimum atomic E-state index is 0.0406. The number of Topliss-reactive ketones (excluding diaryl/α,β-unsaturated/α-hetero) is 1. The summed E-state index contributed by atoms with van der Waals surface area (Å²) in [5.74, 6) is 1.43. The number of ketones is 1. The summed E-state index contributed by atoms with van der Waals surface area (Å²) < 4.78 is 17.4. The Morgan fingerprint density at radius 2 is 2.10 bits per heavy atom. The maximum atomic E-state index is 11.5. The topological polar surface area (TPSA) is 44.8 Å². The van der Waals surface area contributed by atoms with Gasteiger partial charge in [0.1, 0.15) is 18.1 Å². The van der Waals surface area contributed by atoms with Gasteiger partial charge in [0.2, 0.25) is 5.78 Å². The summed E-state index contributed by atoms with van der Waals surface area (Å²) in [4.78, 5) is 11.5. The number of benzene rings is 1. The Labute approximate surface area is 124 Å². The van der Waals surface area contributed by atoms with E-state index in [1.165, 1.54) is 32.1 Å². The predicted molar refractivity (Wildman–Crippen MR) is 77.1 cm³/mol. The van der Waals surface area contributed by atoms with Gasteiger partial charge in [0.25, 0.3) is 0 Å². The summed E-state index contributed by atoms with van der Waals surface area (Å²) in [5.41, 5.74) is 0.811. The maximum Gasteiger partial charge on any atom is 0.203 e. The third-order valence-electron chi connectivity index (χ3n) is 4.90. The molecule has 1 saturated heterocycles. The second-order valence-corrected chi connectivity index (χ2v) is 6.35. The number of hydrogen-bond donors (Lipinski definition) is 0. The first-order valence-electron chi connectivity index (χ1n) is 7.85.